The fourth-order valence-electron chi connectivity index (χ4n) is 3.49. The van der Waals surface area contributed by atoms with Gasteiger partial charge in [0.1, 0.15) is 0 Å². The van der Waals surface area contributed by atoms with Gasteiger partial charge < -0.3 is 10.6 Å². The Labute approximate surface area is 181 Å². The topological polar surface area (TPSA) is 95.6 Å². The molecule has 30 heavy (non-hydrogen) atoms. The van der Waals surface area contributed by atoms with E-state index in [-0.39, 0.29) is 17.5 Å². The zero-order chi connectivity index (χ0) is 21.6. The summed E-state index contributed by atoms with van der Waals surface area (Å²) in [4.78, 5) is 24.4. The van der Waals surface area contributed by atoms with Crippen LogP contribution in [-0.2, 0) is 19.6 Å². The van der Waals surface area contributed by atoms with Gasteiger partial charge in [-0.25, -0.2) is 8.42 Å². The van der Waals surface area contributed by atoms with E-state index in [4.69, 9.17) is 11.6 Å². The van der Waals surface area contributed by atoms with Crippen LogP contribution >= 0.6 is 11.6 Å². The zero-order valence-corrected chi connectivity index (χ0v) is 18.0. The fourth-order valence-corrected chi connectivity index (χ4v) is 5.43. The van der Waals surface area contributed by atoms with Gasteiger partial charge in [0, 0.05) is 29.8 Å². The van der Waals surface area contributed by atoms with Crippen LogP contribution < -0.4 is 10.6 Å². The van der Waals surface area contributed by atoms with Gasteiger partial charge in [-0.15, -0.1) is 0 Å². The summed E-state index contributed by atoms with van der Waals surface area (Å²) in [5.74, 6) is -1.57. The summed E-state index contributed by atoms with van der Waals surface area (Å²) in [6.07, 6.45) is 2.88. The van der Waals surface area contributed by atoms with Crippen molar-refractivity contribution >= 4 is 39.1 Å². The molecule has 1 aliphatic heterocycles. The molecular formula is C21H24ClN3O4S. The van der Waals surface area contributed by atoms with Gasteiger partial charge in [-0.3, -0.25) is 9.59 Å². The number of nitrogens with one attached hydrogen (secondary N) is 2. The maximum atomic E-state index is 13.0. The van der Waals surface area contributed by atoms with E-state index in [9.17, 15) is 18.0 Å². The number of piperidine rings is 1. The highest BCUT2D eigenvalue weighted by Gasteiger charge is 2.33. The van der Waals surface area contributed by atoms with E-state index in [1.54, 1.807) is 54.6 Å². The van der Waals surface area contributed by atoms with Gasteiger partial charge in [-0.1, -0.05) is 42.3 Å². The van der Waals surface area contributed by atoms with Crippen LogP contribution in [0.1, 0.15) is 25.7 Å². The molecule has 1 unspecified atom stereocenters. The highest BCUT2D eigenvalue weighted by atomic mass is 35.5. The van der Waals surface area contributed by atoms with Crippen molar-refractivity contribution in [3.63, 3.8) is 0 Å². The Bertz CT molecular complexity index is 998. The quantitative estimate of drug-likeness (QED) is 0.662. The number of hydrogen-bond donors (Lipinski definition) is 2. The van der Waals surface area contributed by atoms with E-state index in [1.807, 2.05) is 0 Å². The summed E-state index contributed by atoms with van der Waals surface area (Å²) in [5, 5.41) is 5.50. The van der Waals surface area contributed by atoms with Crippen molar-refractivity contribution in [1.82, 2.24) is 9.62 Å². The third-order valence-electron chi connectivity index (χ3n) is 4.97. The number of carbonyl (C=O) groups excluding carboxylic acids is 2. The lowest BCUT2D eigenvalue weighted by molar-refractivity contribution is -0.136. The van der Waals surface area contributed by atoms with Crippen molar-refractivity contribution in [2.75, 3.05) is 18.4 Å². The number of amides is 2. The molecule has 0 aromatic heterocycles. The van der Waals surface area contributed by atoms with Crippen LogP contribution in [-0.4, -0.2) is 43.7 Å². The molecule has 7 nitrogen and oxygen atoms in total. The van der Waals surface area contributed by atoms with Gasteiger partial charge >= 0.3 is 11.8 Å². The monoisotopic (exact) mass is 449 g/mol. The van der Waals surface area contributed by atoms with Crippen LogP contribution in [0.5, 0.6) is 0 Å². The van der Waals surface area contributed by atoms with Crippen LogP contribution in [0.3, 0.4) is 0 Å². The van der Waals surface area contributed by atoms with Crippen LogP contribution in [0.15, 0.2) is 59.5 Å². The van der Waals surface area contributed by atoms with Crippen LogP contribution in [0.25, 0.3) is 0 Å². The molecule has 0 saturated carbocycles. The molecule has 0 aliphatic carbocycles. The molecule has 9 heteroatoms. The summed E-state index contributed by atoms with van der Waals surface area (Å²) >= 11 is 5.87. The van der Waals surface area contributed by atoms with Crippen molar-refractivity contribution in [3.8, 4) is 0 Å². The van der Waals surface area contributed by atoms with Gasteiger partial charge in [0.05, 0.1) is 4.90 Å². The number of anilines is 1. The number of rotatable bonds is 6. The van der Waals surface area contributed by atoms with Crippen molar-refractivity contribution < 1.29 is 18.0 Å². The van der Waals surface area contributed by atoms with Crippen molar-refractivity contribution in [2.24, 2.45) is 0 Å². The minimum absolute atomic E-state index is 0.202. The number of carbonyl (C=O) groups is 2. The molecule has 1 fully saturated rings. The Kier molecular flexibility index (Phi) is 7.47. The van der Waals surface area contributed by atoms with Gasteiger partial charge in [0.2, 0.25) is 10.0 Å². The van der Waals surface area contributed by atoms with Crippen LogP contribution in [0.2, 0.25) is 5.02 Å². The molecule has 2 N–H and O–H groups in total. The molecule has 0 radical (unpaired) electrons. The molecule has 1 aliphatic rings. The molecule has 1 atom stereocenters. The number of sulfonamides is 1. The van der Waals surface area contributed by atoms with Gasteiger partial charge in [0.15, 0.2) is 0 Å². The lowest BCUT2D eigenvalue weighted by Gasteiger charge is -2.34. The van der Waals surface area contributed by atoms with E-state index in [2.05, 4.69) is 10.6 Å². The lowest BCUT2D eigenvalue weighted by Crippen LogP contribution is -2.45. The summed E-state index contributed by atoms with van der Waals surface area (Å²) in [6, 6.07) is 14.6. The Hall–Kier alpha value is -2.42. The Balaban J connectivity index is 1.56. The van der Waals surface area contributed by atoms with Gasteiger partial charge in [0.25, 0.3) is 0 Å². The first kappa shape index (κ1) is 22.3. The van der Waals surface area contributed by atoms with Crippen molar-refractivity contribution in [2.45, 2.75) is 36.6 Å². The first-order chi connectivity index (χ1) is 14.4. The van der Waals surface area contributed by atoms with E-state index in [1.165, 1.54) is 4.31 Å². The molecule has 0 bridgehead atoms. The number of hydrogen-bond acceptors (Lipinski definition) is 4. The summed E-state index contributed by atoms with van der Waals surface area (Å²) in [5.41, 5.74) is 0.426. The smallest absolute Gasteiger partial charge is 0.313 e. The Morgan fingerprint density at radius 1 is 1.03 bits per heavy atom. The second kappa shape index (κ2) is 10.1. The molecule has 160 valence electrons. The molecule has 0 spiro atoms. The minimum atomic E-state index is -3.59. The number of halogens is 1. The third-order valence-corrected chi connectivity index (χ3v) is 7.18. The van der Waals surface area contributed by atoms with E-state index in [0.29, 0.717) is 23.7 Å². The lowest BCUT2D eigenvalue weighted by atomic mass is 10.0. The van der Waals surface area contributed by atoms with Crippen molar-refractivity contribution in [1.29, 1.82) is 0 Å². The SMILES string of the molecule is O=C(NCCC1CCCCN1S(=O)(=O)c1ccccc1)C(=O)Nc1cccc(Cl)c1. The maximum Gasteiger partial charge on any atom is 0.313 e. The average molecular weight is 450 g/mol. The normalized spacial score (nSPS) is 17.3. The second-order valence-electron chi connectivity index (χ2n) is 7.09. The Morgan fingerprint density at radius 3 is 2.53 bits per heavy atom. The molecule has 3 rings (SSSR count). The molecular weight excluding hydrogens is 426 g/mol. The first-order valence-corrected chi connectivity index (χ1v) is 11.6. The van der Waals surface area contributed by atoms with E-state index < -0.39 is 21.8 Å². The molecule has 2 aromatic carbocycles. The van der Waals surface area contributed by atoms with Crippen LogP contribution in [0, 0.1) is 0 Å². The summed E-state index contributed by atoms with van der Waals surface area (Å²) in [7, 11) is -3.59. The summed E-state index contributed by atoms with van der Waals surface area (Å²) in [6.45, 7) is 0.651. The fraction of sp³-hybridized carbons (Fsp3) is 0.333. The predicted molar refractivity (Wildman–Crippen MR) is 116 cm³/mol. The maximum absolute atomic E-state index is 13.0. The highest BCUT2D eigenvalue weighted by Crippen LogP contribution is 2.26. The van der Waals surface area contributed by atoms with E-state index in [0.717, 1.165) is 19.3 Å². The summed E-state index contributed by atoms with van der Waals surface area (Å²) < 4.78 is 27.5. The number of benzene rings is 2. The third kappa shape index (κ3) is 5.59. The highest BCUT2D eigenvalue weighted by molar-refractivity contribution is 7.89. The Morgan fingerprint density at radius 2 is 1.80 bits per heavy atom. The zero-order valence-electron chi connectivity index (χ0n) is 16.4. The predicted octanol–water partition coefficient (Wildman–Crippen LogP) is 3.03. The van der Waals surface area contributed by atoms with Gasteiger partial charge in [-0.05, 0) is 49.6 Å². The molecule has 2 amide bonds. The first-order valence-electron chi connectivity index (χ1n) is 9.79. The minimum Gasteiger partial charge on any atom is -0.348 e. The van der Waals surface area contributed by atoms with Crippen LogP contribution in [0.4, 0.5) is 5.69 Å². The average Bonchev–Trinajstić information content (AvgIpc) is 2.74. The van der Waals surface area contributed by atoms with Crippen molar-refractivity contribution in [3.05, 3.63) is 59.6 Å². The molecule has 1 heterocycles. The van der Waals surface area contributed by atoms with Gasteiger partial charge in [-0.2, -0.15) is 4.31 Å². The molecule has 2 aromatic rings. The number of nitrogens with zero attached hydrogens (tertiary/aromatic N) is 1. The second-order valence-corrected chi connectivity index (χ2v) is 9.41. The molecule has 1 saturated heterocycles. The van der Waals surface area contributed by atoms with E-state index >= 15 is 0 Å². The standard InChI is InChI=1S/C21H24ClN3O4S/c22-16-7-6-8-17(15-16)24-21(27)20(26)23-13-12-18-9-4-5-14-25(18)30(28,29)19-10-2-1-3-11-19/h1-3,6-8,10-11,15,18H,4-5,9,12-14H2,(H,23,26)(H,24,27). The largest absolute Gasteiger partial charge is 0.348 e.